The second-order valence-corrected chi connectivity index (χ2v) is 4.92. The van der Waals surface area contributed by atoms with E-state index >= 15 is 0 Å². The van der Waals surface area contributed by atoms with Gasteiger partial charge >= 0.3 is 5.97 Å². The van der Waals surface area contributed by atoms with Crippen molar-refractivity contribution in [3.63, 3.8) is 0 Å². The molecule has 3 aromatic rings. The van der Waals surface area contributed by atoms with Crippen molar-refractivity contribution in [1.29, 1.82) is 0 Å². The van der Waals surface area contributed by atoms with Gasteiger partial charge in [0.1, 0.15) is 5.82 Å². The first-order valence-corrected chi connectivity index (χ1v) is 6.42. The number of aryl methyl sites for hydroxylation is 1. The fourth-order valence-corrected chi connectivity index (χ4v) is 2.45. The van der Waals surface area contributed by atoms with Crippen LogP contribution in [0.15, 0.2) is 42.5 Å². The molecule has 0 aliphatic carbocycles. The summed E-state index contributed by atoms with van der Waals surface area (Å²) < 4.78 is 1.90. The lowest BCUT2D eigenvalue weighted by atomic mass is 10.2. The first kappa shape index (κ1) is 12.7. The molecule has 0 bridgehead atoms. The fourth-order valence-electron chi connectivity index (χ4n) is 2.27. The summed E-state index contributed by atoms with van der Waals surface area (Å²) in [5, 5.41) is 9.73. The third-order valence-corrected chi connectivity index (χ3v) is 3.37. The molecular formula is C15H11ClN2O2. The largest absolute Gasteiger partial charge is 0.478 e. The number of halogens is 1. The van der Waals surface area contributed by atoms with E-state index in [1.54, 1.807) is 24.3 Å². The molecule has 0 amide bonds. The summed E-state index contributed by atoms with van der Waals surface area (Å²) >= 11 is 6.02. The van der Waals surface area contributed by atoms with Crippen molar-refractivity contribution < 1.29 is 9.90 Å². The molecule has 100 valence electrons. The maximum atomic E-state index is 11.1. The van der Waals surface area contributed by atoms with E-state index in [4.69, 9.17) is 16.7 Å². The Balaban J connectivity index is 2.31. The minimum atomic E-state index is -0.955. The highest BCUT2D eigenvalue weighted by Crippen LogP contribution is 2.24. The van der Waals surface area contributed by atoms with Gasteiger partial charge in [0.05, 0.1) is 16.6 Å². The van der Waals surface area contributed by atoms with Crippen molar-refractivity contribution >= 4 is 28.6 Å². The molecule has 0 saturated carbocycles. The Hall–Kier alpha value is -2.33. The van der Waals surface area contributed by atoms with Gasteiger partial charge in [0.15, 0.2) is 0 Å². The molecule has 2 aromatic carbocycles. The Morgan fingerprint density at radius 3 is 2.75 bits per heavy atom. The van der Waals surface area contributed by atoms with E-state index in [1.807, 2.05) is 29.7 Å². The van der Waals surface area contributed by atoms with Gasteiger partial charge in [0.2, 0.25) is 0 Å². The molecule has 0 radical (unpaired) electrons. The number of hydrogen-bond donors (Lipinski definition) is 1. The van der Waals surface area contributed by atoms with Crippen LogP contribution in [0, 0.1) is 6.92 Å². The molecule has 0 saturated heterocycles. The molecule has 0 atom stereocenters. The molecule has 0 aliphatic heterocycles. The predicted octanol–water partition coefficient (Wildman–Crippen LogP) is 3.69. The van der Waals surface area contributed by atoms with Crippen LogP contribution < -0.4 is 0 Å². The second-order valence-electron chi connectivity index (χ2n) is 4.48. The van der Waals surface area contributed by atoms with Crippen molar-refractivity contribution in [2.24, 2.45) is 0 Å². The van der Waals surface area contributed by atoms with E-state index in [9.17, 15) is 4.79 Å². The van der Waals surface area contributed by atoms with Gasteiger partial charge in [0, 0.05) is 10.7 Å². The zero-order valence-electron chi connectivity index (χ0n) is 10.7. The van der Waals surface area contributed by atoms with Crippen LogP contribution in [0.25, 0.3) is 16.7 Å². The van der Waals surface area contributed by atoms with Crippen molar-refractivity contribution in [2.75, 3.05) is 0 Å². The maximum Gasteiger partial charge on any atom is 0.335 e. The lowest BCUT2D eigenvalue weighted by Crippen LogP contribution is -1.99. The number of imidazole rings is 1. The van der Waals surface area contributed by atoms with Crippen LogP contribution in [0.5, 0.6) is 0 Å². The topological polar surface area (TPSA) is 55.1 Å². The average molecular weight is 287 g/mol. The molecule has 0 spiro atoms. The van der Waals surface area contributed by atoms with Crippen LogP contribution in [0.2, 0.25) is 5.02 Å². The number of carboxylic acid groups (broad SMARTS) is 1. The molecule has 20 heavy (non-hydrogen) atoms. The molecule has 1 heterocycles. The number of aromatic nitrogens is 2. The number of hydrogen-bond acceptors (Lipinski definition) is 2. The molecule has 0 aliphatic rings. The van der Waals surface area contributed by atoms with Crippen LogP contribution in [0.4, 0.5) is 0 Å². The highest BCUT2D eigenvalue weighted by Gasteiger charge is 2.12. The zero-order valence-corrected chi connectivity index (χ0v) is 11.4. The van der Waals surface area contributed by atoms with E-state index < -0.39 is 5.97 Å². The van der Waals surface area contributed by atoms with Crippen molar-refractivity contribution in [3.8, 4) is 5.69 Å². The Morgan fingerprint density at radius 1 is 1.25 bits per heavy atom. The van der Waals surface area contributed by atoms with Crippen LogP contribution in [0.3, 0.4) is 0 Å². The molecule has 3 rings (SSSR count). The van der Waals surface area contributed by atoms with Gasteiger partial charge in [-0.25, -0.2) is 9.78 Å². The highest BCUT2D eigenvalue weighted by atomic mass is 35.5. The average Bonchev–Trinajstić information content (AvgIpc) is 2.73. The Labute approximate surface area is 120 Å². The number of carbonyl (C=O) groups is 1. The van der Waals surface area contributed by atoms with Crippen LogP contribution in [-0.4, -0.2) is 20.6 Å². The molecule has 5 heteroatoms. The lowest BCUT2D eigenvalue weighted by Gasteiger charge is -2.07. The number of benzene rings is 2. The Bertz CT molecular complexity index is 824. The van der Waals surface area contributed by atoms with Crippen LogP contribution >= 0.6 is 11.6 Å². The minimum Gasteiger partial charge on any atom is -0.478 e. The Kier molecular flexibility index (Phi) is 2.95. The molecule has 1 N–H and O–H groups in total. The number of carboxylic acids is 1. The van der Waals surface area contributed by atoms with Crippen LogP contribution in [-0.2, 0) is 0 Å². The number of fused-ring (bicyclic) bond motifs is 1. The minimum absolute atomic E-state index is 0.237. The van der Waals surface area contributed by atoms with Gasteiger partial charge in [-0.3, -0.25) is 4.57 Å². The van der Waals surface area contributed by atoms with E-state index in [1.165, 1.54) is 0 Å². The third-order valence-electron chi connectivity index (χ3n) is 3.14. The maximum absolute atomic E-state index is 11.1. The molecular weight excluding hydrogens is 276 g/mol. The smallest absolute Gasteiger partial charge is 0.335 e. The summed E-state index contributed by atoms with van der Waals surface area (Å²) in [6.45, 7) is 1.88. The lowest BCUT2D eigenvalue weighted by molar-refractivity contribution is 0.0697. The summed E-state index contributed by atoms with van der Waals surface area (Å²) in [6, 6.07) is 12.3. The number of nitrogens with zero attached hydrogens (tertiary/aromatic N) is 2. The van der Waals surface area contributed by atoms with Gasteiger partial charge in [-0.05, 0) is 43.3 Å². The number of aromatic carboxylic acids is 1. The van der Waals surface area contributed by atoms with E-state index in [0.717, 1.165) is 22.5 Å². The molecule has 0 unspecified atom stereocenters. The predicted molar refractivity (Wildman–Crippen MR) is 77.8 cm³/mol. The summed E-state index contributed by atoms with van der Waals surface area (Å²) in [7, 11) is 0. The molecule has 0 fully saturated rings. The summed E-state index contributed by atoms with van der Waals surface area (Å²) in [6.07, 6.45) is 0. The quantitative estimate of drug-likeness (QED) is 0.782. The zero-order chi connectivity index (χ0) is 14.3. The van der Waals surface area contributed by atoms with Crippen molar-refractivity contribution in [1.82, 2.24) is 9.55 Å². The first-order chi connectivity index (χ1) is 9.56. The second kappa shape index (κ2) is 4.65. The van der Waals surface area contributed by atoms with Gasteiger partial charge in [-0.1, -0.05) is 17.7 Å². The first-order valence-electron chi connectivity index (χ1n) is 6.04. The molecule has 4 nitrogen and oxygen atoms in total. The highest BCUT2D eigenvalue weighted by molar-refractivity contribution is 6.30. The van der Waals surface area contributed by atoms with E-state index in [-0.39, 0.29) is 5.56 Å². The van der Waals surface area contributed by atoms with E-state index in [0.29, 0.717) is 5.02 Å². The molecule has 1 aromatic heterocycles. The van der Waals surface area contributed by atoms with E-state index in [2.05, 4.69) is 4.98 Å². The van der Waals surface area contributed by atoms with Gasteiger partial charge in [0.25, 0.3) is 0 Å². The summed E-state index contributed by atoms with van der Waals surface area (Å²) in [5.74, 6) is -0.173. The summed E-state index contributed by atoms with van der Waals surface area (Å²) in [4.78, 5) is 15.5. The normalized spacial score (nSPS) is 10.9. The van der Waals surface area contributed by atoms with Gasteiger partial charge in [-0.15, -0.1) is 0 Å². The van der Waals surface area contributed by atoms with Gasteiger partial charge < -0.3 is 5.11 Å². The summed E-state index contributed by atoms with van der Waals surface area (Å²) in [5.41, 5.74) is 2.61. The van der Waals surface area contributed by atoms with Gasteiger partial charge in [-0.2, -0.15) is 0 Å². The number of rotatable bonds is 2. The third kappa shape index (κ3) is 2.04. The SMILES string of the molecule is Cc1nc2ccc(C(=O)O)cc2n1-c1cccc(Cl)c1. The standard InChI is InChI=1S/C15H11ClN2O2/c1-9-17-13-6-5-10(15(19)20)7-14(13)18(9)12-4-2-3-11(16)8-12/h2-8H,1H3,(H,19,20). The fraction of sp³-hybridized carbons (Fsp3) is 0.0667. The monoisotopic (exact) mass is 286 g/mol. The van der Waals surface area contributed by atoms with Crippen LogP contribution in [0.1, 0.15) is 16.2 Å². The van der Waals surface area contributed by atoms with Crippen molar-refractivity contribution in [2.45, 2.75) is 6.92 Å². The Morgan fingerprint density at radius 2 is 2.05 bits per heavy atom. The van der Waals surface area contributed by atoms with Crippen molar-refractivity contribution in [3.05, 3.63) is 58.9 Å².